The Bertz CT molecular complexity index is 1130. The Morgan fingerprint density at radius 3 is 2.59 bits per heavy atom. The number of rotatable bonds is 4. The van der Waals surface area contributed by atoms with Crippen LogP contribution in [0.1, 0.15) is 15.4 Å². The van der Waals surface area contributed by atoms with Crippen molar-refractivity contribution >= 4 is 40.0 Å². The first kappa shape index (κ1) is 18.4. The van der Waals surface area contributed by atoms with Gasteiger partial charge >= 0.3 is 0 Å². The van der Waals surface area contributed by atoms with Gasteiger partial charge in [-0.1, -0.05) is 30.3 Å². The predicted molar refractivity (Wildman–Crippen MR) is 116 cm³/mol. The molecule has 2 aromatic heterocycles. The highest BCUT2D eigenvalue weighted by Crippen LogP contribution is 2.23. The number of aromatic nitrogens is 3. The Balaban J connectivity index is 1.19. The molecule has 0 bridgehead atoms. The SMILES string of the molecule is O=C(c1ccc2nsnc2c1)N1CCN(Cc2nc(-c3ccccc3)cs2)CC1. The molecule has 8 heteroatoms. The number of nitrogens with zero attached hydrogens (tertiary/aromatic N) is 5. The molecule has 0 unspecified atom stereocenters. The number of carbonyl (C=O) groups excluding carboxylic acids is 1. The van der Waals surface area contributed by atoms with Crippen LogP contribution in [-0.4, -0.2) is 55.6 Å². The van der Waals surface area contributed by atoms with Crippen molar-refractivity contribution in [1.29, 1.82) is 0 Å². The molecule has 0 saturated carbocycles. The van der Waals surface area contributed by atoms with E-state index < -0.39 is 0 Å². The van der Waals surface area contributed by atoms with E-state index in [4.69, 9.17) is 4.98 Å². The fourth-order valence-electron chi connectivity index (χ4n) is 3.52. The van der Waals surface area contributed by atoms with Gasteiger partial charge in [0, 0.05) is 42.7 Å². The van der Waals surface area contributed by atoms with Crippen molar-refractivity contribution in [1.82, 2.24) is 23.5 Å². The molecular formula is C21H19N5OS2. The highest BCUT2D eigenvalue weighted by atomic mass is 32.1. The van der Waals surface area contributed by atoms with Gasteiger partial charge in [0.15, 0.2) is 0 Å². The summed E-state index contributed by atoms with van der Waals surface area (Å²) in [5, 5.41) is 3.23. The Labute approximate surface area is 176 Å². The van der Waals surface area contributed by atoms with Crippen LogP contribution >= 0.6 is 23.1 Å². The Morgan fingerprint density at radius 1 is 0.966 bits per heavy atom. The number of benzene rings is 2. The Kier molecular flexibility index (Phi) is 5.05. The minimum absolute atomic E-state index is 0.0696. The summed E-state index contributed by atoms with van der Waals surface area (Å²) in [6, 6.07) is 15.8. The van der Waals surface area contributed by atoms with E-state index in [9.17, 15) is 4.79 Å². The molecule has 1 aliphatic heterocycles. The third kappa shape index (κ3) is 3.91. The zero-order valence-corrected chi connectivity index (χ0v) is 17.3. The predicted octanol–water partition coefficient (Wildman–Crippen LogP) is 3.77. The molecule has 1 fully saturated rings. The van der Waals surface area contributed by atoms with Crippen LogP contribution in [0.15, 0.2) is 53.9 Å². The molecule has 3 heterocycles. The van der Waals surface area contributed by atoms with Gasteiger partial charge < -0.3 is 4.90 Å². The van der Waals surface area contributed by atoms with Crippen molar-refractivity contribution in [3.8, 4) is 11.3 Å². The van der Waals surface area contributed by atoms with Crippen molar-refractivity contribution in [2.24, 2.45) is 0 Å². The van der Waals surface area contributed by atoms with Crippen molar-refractivity contribution in [2.75, 3.05) is 26.2 Å². The molecule has 5 rings (SSSR count). The van der Waals surface area contributed by atoms with Crippen LogP contribution < -0.4 is 0 Å². The average Bonchev–Trinajstić information content (AvgIpc) is 3.43. The zero-order valence-electron chi connectivity index (χ0n) is 15.7. The third-order valence-corrected chi connectivity index (χ3v) is 6.53. The maximum atomic E-state index is 12.8. The smallest absolute Gasteiger partial charge is 0.254 e. The van der Waals surface area contributed by atoms with E-state index in [0.29, 0.717) is 5.56 Å². The van der Waals surface area contributed by atoms with E-state index in [0.717, 1.165) is 60.0 Å². The second-order valence-corrected chi connectivity index (χ2v) is 8.50. The fourth-order valence-corrected chi connectivity index (χ4v) is 4.89. The van der Waals surface area contributed by atoms with Crippen molar-refractivity contribution in [3.05, 3.63) is 64.5 Å². The molecule has 6 nitrogen and oxygen atoms in total. The summed E-state index contributed by atoms with van der Waals surface area (Å²) in [6.07, 6.45) is 0. The van der Waals surface area contributed by atoms with Crippen molar-refractivity contribution < 1.29 is 4.79 Å². The van der Waals surface area contributed by atoms with E-state index in [1.165, 1.54) is 11.7 Å². The molecule has 2 aromatic carbocycles. The Morgan fingerprint density at radius 2 is 1.76 bits per heavy atom. The van der Waals surface area contributed by atoms with Gasteiger partial charge in [-0.05, 0) is 18.2 Å². The summed E-state index contributed by atoms with van der Waals surface area (Å²) < 4.78 is 8.43. The van der Waals surface area contributed by atoms with Gasteiger partial charge in [0.2, 0.25) is 0 Å². The summed E-state index contributed by atoms with van der Waals surface area (Å²) in [5.74, 6) is 0.0696. The van der Waals surface area contributed by atoms with Crippen molar-refractivity contribution in [3.63, 3.8) is 0 Å². The number of hydrogen-bond donors (Lipinski definition) is 0. The molecule has 0 atom stereocenters. The second kappa shape index (κ2) is 7.98. The highest BCUT2D eigenvalue weighted by molar-refractivity contribution is 7.09. The lowest BCUT2D eigenvalue weighted by Crippen LogP contribution is -2.48. The molecule has 1 amide bonds. The maximum Gasteiger partial charge on any atom is 0.254 e. The van der Waals surface area contributed by atoms with Crippen LogP contribution in [0.3, 0.4) is 0 Å². The number of thiazole rings is 1. The minimum atomic E-state index is 0.0696. The molecule has 1 saturated heterocycles. The molecular weight excluding hydrogens is 402 g/mol. The highest BCUT2D eigenvalue weighted by Gasteiger charge is 2.23. The maximum absolute atomic E-state index is 12.8. The Hall–Kier alpha value is -2.68. The quantitative estimate of drug-likeness (QED) is 0.502. The summed E-state index contributed by atoms with van der Waals surface area (Å²) in [7, 11) is 0. The zero-order chi connectivity index (χ0) is 19.6. The average molecular weight is 422 g/mol. The number of amides is 1. The number of fused-ring (bicyclic) bond motifs is 1. The lowest BCUT2D eigenvalue weighted by molar-refractivity contribution is 0.0628. The second-order valence-electron chi connectivity index (χ2n) is 7.03. The van der Waals surface area contributed by atoms with Gasteiger partial charge in [-0.2, -0.15) is 8.75 Å². The molecule has 29 heavy (non-hydrogen) atoms. The molecule has 1 aliphatic rings. The number of carbonyl (C=O) groups is 1. The monoisotopic (exact) mass is 421 g/mol. The first-order chi connectivity index (χ1) is 14.3. The number of hydrogen-bond acceptors (Lipinski definition) is 7. The fraction of sp³-hybridized carbons (Fsp3) is 0.238. The lowest BCUT2D eigenvalue weighted by atomic mass is 10.1. The van der Waals surface area contributed by atoms with Crippen LogP contribution in [0.4, 0.5) is 0 Å². The van der Waals surface area contributed by atoms with E-state index in [-0.39, 0.29) is 5.91 Å². The number of piperazine rings is 1. The van der Waals surface area contributed by atoms with Gasteiger partial charge in [0.25, 0.3) is 5.91 Å². The van der Waals surface area contributed by atoms with Crippen LogP contribution in [0.5, 0.6) is 0 Å². The van der Waals surface area contributed by atoms with Crippen LogP contribution in [0.25, 0.3) is 22.3 Å². The van der Waals surface area contributed by atoms with Gasteiger partial charge in [-0.15, -0.1) is 11.3 Å². The first-order valence-electron chi connectivity index (χ1n) is 9.50. The van der Waals surface area contributed by atoms with Crippen LogP contribution in [-0.2, 0) is 6.54 Å². The van der Waals surface area contributed by atoms with E-state index in [2.05, 4.69) is 31.2 Å². The molecule has 4 aromatic rings. The van der Waals surface area contributed by atoms with Gasteiger partial charge in [0.05, 0.1) is 24.0 Å². The van der Waals surface area contributed by atoms with Gasteiger partial charge in [-0.25, -0.2) is 4.98 Å². The van der Waals surface area contributed by atoms with E-state index >= 15 is 0 Å². The molecule has 0 aliphatic carbocycles. The summed E-state index contributed by atoms with van der Waals surface area (Å²) in [4.78, 5) is 21.9. The molecule has 0 spiro atoms. The third-order valence-electron chi connectivity index (χ3n) is 5.14. The van der Waals surface area contributed by atoms with Gasteiger partial charge in [-0.3, -0.25) is 9.69 Å². The van der Waals surface area contributed by atoms with Crippen LogP contribution in [0.2, 0.25) is 0 Å². The first-order valence-corrected chi connectivity index (χ1v) is 11.1. The van der Waals surface area contributed by atoms with E-state index in [1.807, 2.05) is 41.3 Å². The minimum Gasteiger partial charge on any atom is -0.336 e. The topological polar surface area (TPSA) is 62.2 Å². The summed E-state index contributed by atoms with van der Waals surface area (Å²) >= 11 is 2.87. The molecule has 146 valence electrons. The van der Waals surface area contributed by atoms with Gasteiger partial charge in [0.1, 0.15) is 16.0 Å². The normalized spacial score (nSPS) is 15.1. The van der Waals surface area contributed by atoms with E-state index in [1.54, 1.807) is 11.3 Å². The summed E-state index contributed by atoms with van der Waals surface area (Å²) in [6.45, 7) is 3.99. The molecule has 0 N–H and O–H groups in total. The standard InChI is InChI=1S/C21H19N5OS2/c27-21(16-6-7-17-18(12-16)24-29-23-17)26-10-8-25(9-11-26)13-20-22-19(14-28-20)15-4-2-1-3-5-15/h1-7,12,14H,8-11,13H2. The van der Waals surface area contributed by atoms with Crippen molar-refractivity contribution in [2.45, 2.75) is 6.54 Å². The molecule has 0 radical (unpaired) electrons. The van der Waals surface area contributed by atoms with Crippen LogP contribution in [0, 0.1) is 0 Å². The largest absolute Gasteiger partial charge is 0.336 e. The lowest BCUT2D eigenvalue weighted by Gasteiger charge is -2.34. The summed E-state index contributed by atoms with van der Waals surface area (Å²) in [5.41, 5.74) is 4.50.